The zero-order valence-electron chi connectivity index (χ0n) is 17.5. The first-order valence-corrected chi connectivity index (χ1v) is 10.2. The monoisotopic (exact) mass is 438 g/mol. The molecule has 3 rings (SSSR count). The Bertz CT molecular complexity index is 891. The Morgan fingerprint density at radius 2 is 1.81 bits per heavy atom. The molecule has 1 N–H and O–H groups in total. The van der Waals surface area contributed by atoms with Crippen molar-refractivity contribution in [3.8, 4) is 5.75 Å². The van der Waals surface area contributed by atoms with Crippen LogP contribution in [-0.2, 0) is 11.3 Å². The molecule has 0 bridgehead atoms. The summed E-state index contributed by atoms with van der Waals surface area (Å²) in [7, 11) is 0. The largest absolute Gasteiger partial charge is 0.573 e. The third-order valence-electron chi connectivity index (χ3n) is 5.75. The molecule has 0 aliphatic carbocycles. The molecule has 1 atom stereocenters. The average molecular weight is 438 g/mol. The fraction of sp³-hybridized carbons (Fsp3) is 0.435. The predicted molar refractivity (Wildman–Crippen MR) is 109 cm³/mol. The molecule has 1 heterocycles. The van der Waals surface area contributed by atoms with E-state index in [0.717, 1.165) is 11.1 Å². The number of ether oxygens (including phenoxy) is 1. The molecule has 0 radical (unpaired) electrons. The van der Waals surface area contributed by atoms with E-state index in [-0.39, 0.29) is 29.4 Å². The number of aryl methyl sites for hydroxylation is 1. The maximum Gasteiger partial charge on any atom is 0.573 e. The van der Waals surface area contributed by atoms with Crippen LogP contribution in [-0.4, -0.2) is 30.3 Å². The van der Waals surface area contributed by atoms with E-state index in [1.807, 2.05) is 6.92 Å². The van der Waals surface area contributed by atoms with Crippen LogP contribution < -0.4 is 10.1 Å². The zero-order chi connectivity index (χ0) is 22.6. The van der Waals surface area contributed by atoms with Crippen LogP contribution in [0.15, 0.2) is 42.5 Å². The Kier molecular flexibility index (Phi) is 7.20. The van der Waals surface area contributed by atoms with Crippen molar-refractivity contribution >= 4 is 5.91 Å². The molecule has 1 saturated heterocycles. The number of amides is 1. The minimum atomic E-state index is -4.71. The van der Waals surface area contributed by atoms with E-state index in [1.165, 1.54) is 18.2 Å². The summed E-state index contributed by atoms with van der Waals surface area (Å²) >= 11 is 0. The van der Waals surface area contributed by atoms with E-state index in [9.17, 15) is 22.4 Å². The van der Waals surface area contributed by atoms with Gasteiger partial charge in [-0.25, -0.2) is 4.39 Å². The smallest absolute Gasteiger partial charge is 0.406 e. The number of likely N-dealkylation sites (tertiary alicyclic amines) is 1. The first-order valence-electron chi connectivity index (χ1n) is 10.2. The van der Waals surface area contributed by atoms with Crippen molar-refractivity contribution in [1.82, 2.24) is 10.2 Å². The Hall–Kier alpha value is -2.61. The lowest BCUT2D eigenvalue weighted by Gasteiger charge is -2.35. The van der Waals surface area contributed by atoms with Gasteiger partial charge >= 0.3 is 6.36 Å². The Labute approximate surface area is 179 Å². The molecule has 31 heavy (non-hydrogen) atoms. The van der Waals surface area contributed by atoms with Gasteiger partial charge in [0.25, 0.3) is 0 Å². The highest BCUT2D eigenvalue weighted by molar-refractivity contribution is 5.78. The lowest BCUT2D eigenvalue weighted by Crippen LogP contribution is -2.41. The fourth-order valence-corrected chi connectivity index (χ4v) is 3.79. The lowest BCUT2D eigenvalue weighted by atomic mass is 9.93. The third-order valence-corrected chi connectivity index (χ3v) is 5.75. The number of hydrogen-bond acceptors (Lipinski definition) is 3. The predicted octanol–water partition coefficient (Wildman–Crippen LogP) is 5.12. The van der Waals surface area contributed by atoms with Gasteiger partial charge in [0.05, 0.1) is 0 Å². The molecule has 0 saturated carbocycles. The molecule has 4 nitrogen and oxygen atoms in total. The summed E-state index contributed by atoms with van der Waals surface area (Å²) in [5.41, 5.74) is 2.18. The number of rotatable bonds is 6. The minimum absolute atomic E-state index is 0.0134. The summed E-state index contributed by atoms with van der Waals surface area (Å²) in [6.07, 6.45) is -3.33. The van der Waals surface area contributed by atoms with Gasteiger partial charge in [-0.2, -0.15) is 0 Å². The van der Waals surface area contributed by atoms with Gasteiger partial charge in [-0.3, -0.25) is 9.69 Å². The van der Waals surface area contributed by atoms with E-state index in [0.29, 0.717) is 38.0 Å². The van der Waals surface area contributed by atoms with Gasteiger partial charge < -0.3 is 10.1 Å². The summed E-state index contributed by atoms with van der Waals surface area (Å²) in [5.74, 6) is -0.678. The van der Waals surface area contributed by atoms with E-state index in [4.69, 9.17) is 0 Å². The summed E-state index contributed by atoms with van der Waals surface area (Å²) in [6.45, 7) is 5.39. The Morgan fingerprint density at radius 1 is 1.16 bits per heavy atom. The number of nitrogens with zero attached hydrogens (tertiary/aromatic N) is 1. The molecule has 1 unspecified atom stereocenters. The van der Waals surface area contributed by atoms with Crippen molar-refractivity contribution in [3.63, 3.8) is 0 Å². The summed E-state index contributed by atoms with van der Waals surface area (Å²) in [6, 6.07) is 10.8. The van der Waals surface area contributed by atoms with E-state index in [2.05, 4.69) is 15.0 Å². The minimum Gasteiger partial charge on any atom is -0.406 e. The number of benzene rings is 2. The van der Waals surface area contributed by atoms with Crippen LogP contribution in [0.3, 0.4) is 0 Å². The molecule has 2 aromatic rings. The quantitative estimate of drug-likeness (QED) is 0.637. The van der Waals surface area contributed by atoms with Crippen molar-refractivity contribution in [1.29, 1.82) is 0 Å². The maximum atomic E-state index is 13.6. The van der Waals surface area contributed by atoms with Crippen LogP contribution >= 0.6 is 0 Å². The van der Waals surface area contributed by atoms with Crippen LogP contribution in [0.1, 0.15) is 42.5 Å². The van der Waals surface area contributed by atoms with Gasteiger partial charge in [0.1, 0.15) is 11.6 Å². The molecule has 0 aromatic heterocycles. The number of carbonyl (C=O) groups excluding carboxylic acids is 1. The third kappa shape index (κ3) is 6.43. The normalized spacial score (nSPS) is 16.7. The van der Waals surface area contributed by atoms with Crippen molar-refractivity contribution < 1.29 is 27.1 Å². The lowest BCUT2D eigenvalue weighted by molar-refractivity contribution is -0.274. The van der Waals surface area contributed by atoms with Crippen molar-refractivity contribution in [2.45, 2.75) is 45.6 Å². The number of hydrogen-bond donors (Lipinski definition) is 1. The molecule has 168 valence electrons. The number of carbonyl (C=O) groups is 1. The molecule has 2 aromatic carbocycles. The molecule has 1 amide bonds. The van der Waals surface area contributed by atoms with Gasteiger partial charge in [-0.1, -0.05) is 24.3 Å². The van der Waals surface area contributed by atoms with E-state index < -0.39 is 6.36 Å². The van der Waals surface area contributed by atoms with Gasteiger partial charge in [-0.05, 0) is 74.7 Å². The van der Waals surface area contributed by atoms with Gasteiger partial charge in [-0.15, -0.1) is 13.2 Å². The van der Waals surface area contributed by atoms with Crippen LogP contribution in [0.5, 0.6) is 5.75 Å². The highest BCUT2D eigenvalue weighted by atomic mass is 19.4. The first-order chi connectivity index (χ1) is 14.6. The number of nitrogens with one attached hydrogen (secondary N) is 1. The van der Waals surface area contributed by atoms with Crippen LogP contribution in [0.25, 0.3) is 0 Å². The number of alkyl halides is 3. The highest BCUT2D eigenvalue weighted by Crippen LogP contribution is 2.29. The summed E-state index contributed by atoms with van der Waals surface area (Å²) < 4.78 is 54.4. The maximum absolute atomic E-state index is 13.6. The second-order valence-electron chi connectivity index (χ2n) is 7.90. The molecular formula is C23H26F4N2O2. The first kappa shape index (κ1) is 23.1. The summed E-state index contributed by atoms with van der Waals surface area (Å²) in [5, 5.41) is 2.89. The summed E-state index contributed by atoms with van der Waals surface area (Å²) in [4.78, 5) is 14.7. The van der Waals surface area contributed by atoms with Crippen molar-refractivity contribution in [2.24, 2.45) is 5.92 Å². The zero-order valence-corrected chi connectivity index (χ0v) is 17.5. The Morgan fingerprint density at radius 3 is 2.39 bits per heavy atom. The topological polar surface area (TPSA) is 41.6 Å². The molecular weight excluding hydrogens is 412 g/mol. The van der Waals surface area contributed by atoms with Gasteiger partial charge in [0.15, 0.2) is 0 Å². The van der Waals surface area contributed by atoms with E-state index >= 15 is 0 Å². The molecule has 1 aliphatic rings. The SMILES string of the molecule is Cc1ccc(CNC(=O)C2CCN(C(C)c3ccc(OC(F)(F)F)cc3)CC2)cc1F. The number of piperidine rings is 1. The van der Waals surface area contributed by atoms with Crippen LogP contribution in [0, 0.1) is 18.7 Å². The second-order valence-corrected chi connectivity index (χ2v) is 7.90. The van der Waals surface area contributed by atoms with E-state index in [1.54, 1.807) is 31.2 Å². The standard InChI is InChI=1S/C23H26F4N2O2/c1-15-3-4-17(13-21(15)24)14-28-22(30)19-9-11-29(12-10-19)16(2)18-5-7-20(8-6-18)31-23(25,26)27/h3-8,13,16,19H,9-12,14H2,1-2H3,(H,28,30). The van der Waals surface area contributed by atoms with Gasteiger partial charge in [0, 0.05) is 18.5 Å². The van der Waals surface area contributed by atoms with Crippen LogP contribution in [0.4, 0.5) is 17.6 Å². The number of halogens is 4. The Balaban J connectivity index is 1.48. The van der Waals surface area contributed by atoms with Crippen LogP contribution in [0.2, 0.25) is 0 Å². The molecule has 0 spiro atoms. The van der Waals surface area contributed by atoms with Crippen molar-refractivity contribution in [3.05, 3.63) is 65.0 Å². The molecule has 1 fully saturated rings. The molecule has 8 heteroatoms. The van der Waals surface area contributed by atoms with Crippen molar-refractivity contribution in [2.75, 3.05) is 13.1 Å². The fourth-order valence-electron chi connectivity index (χ4n) is 3.79. The molecule has 1 aliphatic heterocycles. The average Bonchev–Trinajstić information content (AvgIpc) is 2.73. The highest BCUT2D eigenvalue weighted by Gasteiger charge is 2.31. The second kappa shape index (κ2) is 9.68. The van der Waals surface area contributed by atoms with Gasteiger partial charge in [0.2, 0.25) is 5.91 Å².